The SMILES string of the molecule is O=C(NCCN1CCCC1)C1(c2ccc3oc(=O)[nH]c3c2)CC1. The highest BCUT2D eigenvalue weighted by Gasteiger charge is 2.51. The summed E-state index contributed by atoms with van der Waals surface area (Å²) in [5.74, 6) is -0.362. The summed E-state index contributed by atoms with van der Waals surface area (Å²) >= 11 is 0. The van der Waals surface area contributed by atoms with Gasteiger partial charge in [-0.2, -0.15) is 0 Å². The van der Waals surface area contributed by atoms with Gasteiger partial charge in [-0.15, -0.1) is 0 Å². The fraction of sp³-hybridized carbons (Fsp3) is 0.529. The number of aromatic nitrogens is 1. The number of oxazole rings is 1. The van der Waals surface area contributed by atoms with Crippen LogP contribution in [0.3, 0.4) is 0 Å². The van der Waals surface area contributed by atoms with E-state index in [0.29, 0.717) is 17.6 Å². The van der Waals surface area contributed by atoms with Crippen molar-refractivity contribution in [3.8, 4) is 0 Å². The summed E-state index contributed by atoms with van der Waals surface area (Å²) in [4.78, 5) is 28.9. The van der Waals surface area contributed by atoms with Crippen LogP contribution in [-0.2, 0) is 10.2 Å². The fourth-order valence-electron chi connectivity index (χ4n) is 3.52. The van der Waals surface area contributed by atoms with Crippen molar-refractivity contribution in [2.75, 3.05) is 26.2 Å². The number of H-pyrrole nitrogens is 1. The molecule has 0 atom stereocenters. The first-order valence-corrected chi connectivity index (χ1v) is 8.31. The van der Waals surface area contributed by atoms with Crippen LogP contribution in [0.2, 0.25) is 0 Å². The molecule has 2 aromatic rings. The Labute approximate surface area is 133 Å². The summed E-state index contributed by atoms with van der Waals surface area (Å²) in [6.07, 6.45) is 4.24. The molecule has 4 rings (SSSR count). The highest BCUT2D eigenvalue weighted by molar-refractivity contribution is 5.92. The summed E-state index contributed by atoms with van der Waals surface area (Å²) in [5.41, 5.74) is 1.72. The van der Waals surface area contributed by atoms with Gasteiger partial charge in [-0.05, 0) is 56.5 Å². The van der Waals surface area contributed by atoms with Crippen molar-refractivity contribution in [2.45, 2.75) is 31.1 Å². The van der Waals surface area contributed by atoms with Gasteiger partial charge in [0.15, 0.2) is 5.58 Å². The Morgan fingerprint density at radius 3 is 2.83 bits per heavy atom. The third-order valence-electron chi connectivity index (χ3n) is 5.07. The summed E-state index contributed by atoms with van der Waals surface area (Å²) in [6, 6.07) is 5.53. The van der Waals surface area contributed by atoms with Crippen LogP contribution in [0.25, 0.3) is 11.1 Å². The number of carbonyl (C=O) groups excluding carboxylic acids is 1. The highest BCUT2D eigenvalue weighted by atomic mass is 16.4. The molecule has 6 heteroatoms. The molecule has 2 aliphatic rings. The predicted molar refractivity (Wildman–Crippen MR) is 86.4 cm³/mol. The minimum Gasteiger partial charge on any atom is -0.408 e. The van der Waals surface area contributed by atoms with E-state index in [1.807, 2.05) is 12.1 Å². The monoisotopic (exact) mass is 315 g/mol. The molecule has 2 N–H and O–H groups in total. The lowest BCUT2D eigenvalue weighted by Gasteiger charge is -2.18. The van der Waals surface area contributed by atoms with Crippen LogP contribution < -0.4 is 11.1 Å². The van der Waals surface area contributed by atoms with Crippen LogP contribution in [0, 0.1) is 0 Å². The Balaban J connectivity index is 1.45. The number of benzene rings is 1. The van der Waals surface area contributed by atoms with Gasteiger partial charge in [0.25, 0.3) is 0 Å². The third kappa shape index (κ3) is 2.67. The smallest absolute Gasteiger partial charge is 0.408 e. The van der Waals surface area contributed by atoms with E-state index in [2.05, 4.69) is 15.2 Å². The molecule has 1 aromatic heterocycles. The highest BCUT2D eigenvalue weighted by Crippen LogP contribution is 2.48. The average Bonchev–Trinajstić information content (AvgIpc) is 3.02. The second-order valence-electron chi connectivity index (χ2n) is 6.61. The number of nitrogens with zero attached hydrogens (tertiary/aromatic N) is 1. The van der Waals surface area contributed by atoms with Crippen molar-refractivity contribution in [2.24, 2.45) is 0 Å². The van der Waals surface area contributed by atoms with E-state index in [-0.39, 0.29) is 5.91 Å². The Morgan fingerprint density at radius 2 is 2.09 bits per heavy atom. The standard InChI is InChI=1S/C17H21N3O3/c21-15(18-7-10-20-8-1-2-9-20)17(5-6-17)12-3-4-14-13(11-12)19-16(22)23-14/h3-4,11H,1-2,5-10H2,(H,18,21)(H,19,22). The van der Waals surface area contributed by atoms with Gasteiger partial charge in [-0.3, -0.25) is 9.78 Å². The number of amides is 1. The zero-order valence-corrected chi connectivity index (χ0v) is 13.1. The molecule has 1 saturated carbocycles. The zero-order chi connectivity index (χ0) is 15.9. The molecule has 23 heavy (non-hydrogen) atoms. The molecule has 2 fully saturated rings. The molecular formula is C17H21N3O3. The molecule has 1 saturated heterocycles. The predicted octanol–water partition coefficient (Wildman–Crippen LogP) is 1.36. The van der Waals surface area contributed by atoms with Crippen molar-refractivity contribution < 1.29 is 9.21 Å². The van der Waals surface area contributed by atoms with Crippen LogP contribution >= 0.6 is 0 Å². The summed E-state index contributed by atoms with van der Waals surface area (Å²) in [5, 5.41) is 3.09. The van der Waals surface area contributed by atoms with Crippen LogP contribution in [0.1, 0.15) is 31.2 Å². The average molecular weight is 315 g/mol. The lowest BCUT2D eigenvalue weighted by atomic mass is 9.94. The van der Waals surface area contributed by atoms with E-state index in [4.69, 9.17) is 4.42 Å². The molecule has 1 amide bonds. The van der Waals surface area contributed by atoms with Gasteiger partial charge in [0, 0.05) is 13.1 Å². The zero-order valence-electron chi connectivity index (χ0n) is 13.1. The van der Waals surface area contributed by atoms with Crippen molar-refractivity contribution in [3.63, 3.8) is 0 Å². The van der Waals surface area contributed by atoms with Crippen molar-refractivity contribution in [1.82, 2.24) is 15.2 Å². The van der Waals surface area contributed by atoms with Crippen LogP contribution in [0.5, 0.6) is 0 Å². The lowest BCUT2D eigenvalue weighted by Crippen LogP contribution is -2.39. The minimum atomic E-state index is -0.461. The van der Waals surface area contributed by atoms with E-state index in [9.17, 15) is 9.59 Å². The van der Waals surface area contributed by atoms with Gasteiger partial charge in [-0.1, -0.05) is 6.07 Å². The third-order valence-corrected chi connectivity index (χ3v) is 5.07. The van der Waals surface area contributed by atoms with Gasteiger partial charge < -0.3 is 14.6 Å². The molecule has 0 bridgehead atoms. The number of hydrogen-bond acceptors (Lipinski definition) is 4. The molecule has 1 aliphatic carbocycles. The van der Waals surface area contributed by atoms with Gasteiger partial charge in [0.2, 0.25) is 5.91 Å². The molecule has 6 nitrogen and oxygen atoms in total. The first-order chi connectivity index (χ1) is 11.2. The first-order valence-electron chi connectivity index (χ1n) is 8.31. The Morgan fingerprint density at radius 1 is 1.30 bits per heavy atom. The Bertz CT molecular complexity index is 782. The molecule has 0 spiro atoms. The van der Waals surface area contributed by atoms with Crippen LogP contribution in [0.15, 0.2) is 27.4 Å². The van der Waals surface area contributed by atoms with Gasteiger partial charge in [0.1, 0.15) is 0 Å². The van der Waals surface area contributed by atoms with E-state index >= 15 is 0 Å². The van der Waals surface area contributed by atoms with Crippen LogP contribution in [0.4, 0.5) is 0 Å². The quantitative estimate of drug-likeness (QED) is 0.873. The molecule has 1 aromatic carbocycles. The maximum Gasteiger partial charge on any atom is 0.417 e. The maximum absolute atomic E-state index is 12.6. The number of rotatable bonds is 5. The second-order valence-corrected chi connectivity index (χ2v) is 6.61. The lowest BCUT2D eigenvalue weighted by molar-refractivity contribution is -0.123. The number of hydrogen-bond donors (Lipinski definition) is 2. The summed E-state index contributed by atoms with van der Waals surface area (Å²) in [6.45, 7) is 3.92. The van der Waals surface area contributed by atoms with Gasteiger partial charge in [-0.25, -0.2) is 4.79 Å². The van der Waals surface area contributed by atoms with Gasteiger partial charge in [0.05, 0.1) is 10.9 Å². The number of fused-ring (bicyclic) bond motifs is 1. The van der Waals surface area contributed by atoms with Gasteiger partial charge >= 0.3 is 5.76 Å². The summed E-state index contributed by atoms with van der Waals surface area (Å²) < 4.78 is 5.02. The fourth-order valence-corrected chi connectivity index (χ4v) is 3.52. The van der Waals surface area contributed by atoms with E-state index in [0.717, 1.165) is 38.0 Å². The molecule has 1 aliphatic heterocycles. The van der Waals surface area contributed by atoms with Crippen molar-refractivity contribution in [3.05, 3.63) is 34.3 Å². The number of aromatic amines is 1. The van der Waals surface area contributed by atoms with E-state index in [1.54, 1.807) is 6.07 Å². The Kier molecular flexibility index (Phi) is 3.49. The topological polar surface area (TPSA) is 78.3 Å². The van der Waals surface area contributed by atoms with E-state index < -0.39 is 11.2 Å². The molecule has 2 heterocycles. The van der Waals surface area contributed by atoms with E-state index in [1.165, 1.54) is 12.8 Å². The molecule has 0 unspecified atom stereocenters. The van der Waals surface area contributed by atoms with Crippen molar-refractivity contribution in [1.29, 1.82) is 0 Å². The number of nitrogens with one attached hydrogen (secondary N) is 2. The molecular weight excluding hydrogens is 294 g/mol. The Hall–Kier alpha value is -2.08. The second kappa shape index (κ2) is 5.53. The minimum absolute atomic E-state index is 0.0990. The van der Waals surface area contributed by atoms with Crippen molar-refractivity contribution >= 4 is 17.0 Å². The summed E-state index contributed by atoms with van der Waals surface area (Å²) in [7, 11) is 0. The number of likely N-dealkylation sites (tertiary alicyclic amines) is 1. The largest absolute Gasteiger partial charge is 0.417 e. The molecule has 122 valence electrons. The molecule has 0 radical (unpaired) electrons. The number of carbonyl (C=O) groups is 1. The normalized spacial score (nSPS) is 20.0. The van der Waals surface area contributed by atoms with Crippen LogP contribution in [-0.4, -0.2) is 42.0 Å². The maximum atomic E-state index is 12.6. The first kappa shape index (κ1) is 14.5.